The summed E-state index contributed by atoms with van der Waals surface area (Å²) in [5, 5.41) is 6.42. The average molecular weight is 546 g/mol. The summed E-state index contributed by atoms with van der Waals surface area (Å²) in [7, 11) is 0. The van der Waals surface area contributed by atoms with Crippen LogP contribution in [0.5, 0.6) is 0 Å². The van der Waals surface area contributed by atoms with Gasteiger partial charge < -0.3 is 9.80 Å². The molecule has 1 saturated heterocycles. The van der Waals surface area contributed by atoms with Crippen molar-refractivity contribution in [1.29, 1.82) is 0 Å². The van der Waals surface area contributed by atoms with Crippen LogP contribution in [-0.4, -0.2) is 57.0 Å². The first kappa shape index (κ1) is 22.7. The molecule has 1 saturated carbocycles. The number of hydrogen-bond acceptors (Lipinski definition) is 3. The third-order valence-corrected chi connectivity index (χ3v) is 7.93. The third-order valence-electron chi connectivity index (χ3n) is 6.92. The van der Waals surface area contributed by atoms with Gasteiger partial charge in [-0.05, 0) is 43.0 Å². The van der Waals surface area contributed by atoms with Gasteiger partial charge in [0.25, 0.3) is 0 Å². The van der Waals surface area contributed by atoms with Crippen molar-refractivity contribution in [3.8, 4) is 0 Å². The fourth-order valence-electron chi connectivity index (χ4n) is 5.04. The Morgan fingerprint density at radius 2 is 2.00 bits per heavy atom. The van der Waals surface area contributed by atoms with E-state index < -0.39 is 23.3 Å². The number of fused-ring (bicyclic) bond motifs is 1. The maximum absolute atomic E-state index is 13.3. The monoisotopic (exact) mass is 544 g/mol. The molecule has 2 heterocycles. The van der Waals surface area contributed by atoms with Gasteiger partial charge in [-0.3, -0.25) is 14.7 Å². The standard InChI is InChI=1S/C22H21BrClF3N4O2/c23-16-2-1-14(24)7-12(16)10-18(32)30-5-6-31(21(11-30)3-4-21)20(33)13-8-15-17(9-13)28-29-19(15)22(25,26)27/h1-2,7,13H,3-6,8-11H2,(H,28,29). The van der Waals surface area contributed by atoms with E-state index in [1.807, 2.05) is 4.90 Å². The number of nitrogens with zero attached hydrogens (tertiary/aromatic N) is 3. The Kier molecular flexibility index (Phi) is 5.51. The number of carbonyl (C=O) groups excluding carboxylic acids is 2. The van der Waals surface area contributed by atoms with Crippen molar-refractivity contribution in [2.24, 2.45) is 5.92 Å². The summed E-state index contributed by atoms with van der Waals surface area (Å²) in [5.41, 5.74) is -0.0237. The molecule has 3 aliphatic rings. The number of rotatable bonds is 3. The van der Waals surface area contributed by atoms with Crippen molar-refractivity contribution >= 4 is 39.3 Å². The van der Waals surface area contributed by atoms with E-state index in [1.54, 1.807) is 23.1 Å². The molecule has 2 aliphatic carbocycles. The number of H-pyrrole nitrogens is 1. The Balaban J connectivity index is 1.25. The zero-order valence-electron chi connectivity index (χ0n) is 17.5. The molecule has 2 fully saturated rings. The van der Waals surface area contributed by atoms with Gasteiger partial charge in [-0.2, -0.15) is 18.3 Å². The molecule has 33 heavy (non-hydrogen) atoms. The first-order valence-electron chi connectivity index (χ1n) is 10.7. The summed E-state index contributed by atoms with van der Waals surface area (Å²) in [6, 6.07) is 5.31. The second-order valence-corrected chi connectivity index (χ2v) is 10.4. The fraction of sp³-hybridized carbons (Fsp3) is 0.500. The van der Waals surface area contributed by atoms with Gasteiger partial charge in [-0.25, -0.2) is 0 Å². The highest BCUT2D eigenvalue weighted by Gasteiger charge is 2.55. The van der Waals surface area contributed by atoms with E-state index in [0.29, 0.717) is 30.4 Å². The van der Waals surface area contributed by atoms with Crippen LogP contribution in [0.25, 0.3) is 0 Å². The molecule has 11 heteroatoms. The van der Waals surface area contributed by atoms with E-state index in [1.165, 1.54) is 0 Å². The van der Waals surface area contributed by atoms with Crippen LogP contribution in [0.4, 0.5) is 13.2 Å². The number of nitrogens with one attached hydrogen (secondary N) is 1. The molecule has 2 amide bonds. The van der Waals surface area contributed by atoms with Gasteiger partial charge in [0.05, 0.1) is 12.0 Å². The van der Waals surface area contributed by atoms with Gasteiger partial charge >= 0.3 is 6.18 Å². The molecule has 0 radical (unpaired) electrons. The number of alkyl halides is 3. The van der Waals surface area contributed by atoms with Crippen LogP contribution >= 0.6 is 27.5 Å². The lowest BCUT2D eigenvalue weighted by Crippen LogP contribution is -2.59. The van der Waals surface area contributed by atoms with Crippen LogP contribution in [0.15, 0.2) is 22.7 Å². The molecule has 1 spiro atoms. The molecule has 1 aromatic carbocycles. The van der Waals surface area contributed by atoms with Gasteiger partial charge in [-0.1, -0.05) is 27.5 Å². The first-order valence-corrected chi connectivity index (χ1v) is 11.9. The topological polar surface area (TPSA) is 69.3 Å². The summed E-state index contributed by atoms with van der Waals surface area (Å²) < 4.78 is 40.4. The highest BCUT2D eigenvalue weighted by Crippen LogP contribution is 2.46. The number of carbonyl (C=O) groups is 2. The number of aromatic amines is 1. The van der Waals surface area contributed by atoms with E-state index in [-0.39, 0.29) is 36.6 Å². The van der Waals surface area contributed by atoms with Crippen LogP contribution in [0.2, 0.25) is 5.02 Å². The van der Waals surface area contributed by atoms with E-state index in [0.717, 1.165) is 22.9 Å². The predicted molar refractivity (Wildman–Crippen MR) is 118 cm³/mol. The van der Waals surface area contributed by atoms with Gasteiger partial charge in [0.15, 0.2) is 5.69 Å². The first-order chi connectivity index (χ1) is 15.6. The third kappa shape index (κ3) is 4.16. The van der Waals surface area contributed by atoms with E-state index in [4.69, 9.17) is 11.6 Å². The summed E-state index contributed by atoms with van der Waals surface area (Å²) in [6.07, 6.45) is -2.49. The highest BCUT2D eigenvalue weighted by atomic mass is 79.9. The smallest absolute Gasteiger partial charge is 0.338 e. The number of aromatic nitrogens is 2. The van der Waals surface area contributed by atoms with E-state index >= 15 is 0 Å². The molecule has 0 bridgehead atoms. The van der Waals surface area contributed by atoms with Crippen LogP contribution in [0.1, 0.15) is 35.4 Å². The van der Waals surface area contributed by atoms with Crippen molar-refractivity contribution < 1.29 is 22.8 Å². The Bertz CT molecular complexity index is 1130. The van der Waals surface area contributed by atoms with Crippen molar-refractivity contribution in [1.82, 2.24) is 20.0 Å². The van der Waals surface area contributed by atoms with Crippen molar-refractivity contribution in [3.05, 3.63) is 50.2 Å². The second-order valence-electron chi connectivity index (χ2n) is 9.07. The van der Waals surface area contributed by atoms with Crippen molar-refractivity contribution in [2.45, 2.75) is 43.8 Å². The minimum atomic E-state index is -4.54. The highest BCUT2D eigenvalue weighted by molar-refractivity contribution is 9.10. The summed E-state index contributed by atoms with van der Waals surface area (Å²) in [4.78, 5) is 29.9. The predicted octanol–water partition coefficient (Wildman–Crippen LogP) is 4.01. The summed E-state index contributed by atoms with van der Waals surface area (Å²) >= 11 is 9.51. The molecule has 1 aromatic heterocycles. The second kappa shape index (κ2) is 8.01. The molecule has 1 unspecified atom stereocenters. The molecule has 6 nitrogen and oxygen atoms in total. The van der Waals surface area contributed by atoms with E-state index in [9.17, 15) is 22.8 Å². The Labute approximate surface area is 201 Å². The number of halogens is 5. The largest absolute Gasteiger partial charge is 0.435 e. The van der Waals surface area contributed by atoms with Gasteiger partial charge in [0.2, 0.25) is 11.8 Å². The summed E-state index contributed by atoms with van der Waals surface area (Å²) in [5.74, 6) is -0.694. The fourth-order valence-corrected chi connectivity index (χ4v) is 5.63. The molecule has 1 N–H and O–H groups in total. The molecule has 176 valence electrons. The van der Waals surface area contributed by atoms with Crippen molar-refractivity contribution in [2.75, 3.05) is 19.6 Å². The van der Waals surface area contributed by atoms with Gasteiger partial charge in [-0.15, -0.1) is 0 Å². The molecule has 2 aromatic rings. The lowest BCUT2D eigenvalue weighted by molar-refractivity contribution is -0.147. The zero-order chi connectivity index (χ0) is 23.5. The van der Waals surface area contributed by atoms with E-state index in [2.05, 4.69) is 26.1 Å². The summed E-state index contributed by atoms with van der Waals surface area (Å²) in [6.45, 7) is 1.23. The quantitative estimate of drug-likeness (QED) is 0.634. The van der Waals surface area contributed by atoms with Gasteiger partial charge in [0.1, 0.15) is 0 Å². The van der Waals surface area contributed by atoms with Crippen LogP contribution in [0.3, 0.4) is 0 Å². The lowest BCUT2D eigenvalue weighted by Gasteiger charge is -2.43. The van der Waals surface area contributed by atoms with Crippen LogP contribution in [-0.2, 0) is 35.0 Å². The van der Waals surface area contributed by atoms with Crippen LogP contribution in [0, 0.1) is 5.92 Å². The van der Waals surface area contributed by atoms with Crippen LogP contribution < -0.4 is 0 Å². The Morgan fingerprint density at radius 1 is 1.24 bits per heavy atom. The average Bonchev–Trinajstić information content (AvgIpc) is 3.18. The molecular formula is C22H21BrClF3N4O2. The van der Waals surface area contributed by atoms with Crippen molar-refractivity contribution in [3.63, 3.8) is 0 Å². The number of benzene rings is 1. The maximum atomic E-state index is 13.3. The maximum Gasteiger partial charge on any atom is 0.435 e. The minimum absolute atomic E-state index is 0.0342. The molecule has 1 aliphatic heterocycles. The molecule has 1 atom stereocenters. The SMILES string of the molecule is O=C(Cc1cc(Cl)ccc1Br)N1CCN(C(=O)C2Cc3[nH]nc(C(F)(F)F)c3C2)C2(CC2)C1. The zero-order valence-corrected chi connectivity index (χ0v) is 19.9. The Hall–Kier alpha value is -2.07. The number of hydrogen-bond donors (Lipinski definition) is 1. The minimum Gasteiger partial charge on any atom is -0.338 e. The number of piperazine rings is 1. The van der Waals surface area contributed by atoms with Gasteiger partial charge in [0, 0.05) is 52.7 Å². The lowest BCUT2D eigenvalue weighted by atomic mass is 10.00. The molecule has 5 rings (SSSR count). The number of amides is 2. The molecular weight excluding hydrogens is 525 g/mol. The normalized spacial score (nSPS) is 21.4. The Morgan fingerprint density at radius 3 is 2.70 bits per heavy atom.